The predicted molar refractivity (Wildman–Crippen MR) is 107 cm³/mol. The van der Waals surface area contributed by atoms with Crippen LogP contribution >= 0.6 is 0 Å². The van der Waals surface area contributed by atoms with Gasteiger partial charge in [0, 0.05) is 19.2 Å². The van der Waals surface area contributed by atoms with Crippen molar-refractivity contribution in [1.82, 2.24) is 4.90 Å². The zero-order valence-electron chi connectivity index (χ0n) is 18.1. The van der Waals surface area contributed by atoms with Crippen LogP contribution in [0, 0.1) is 12.3 Å². The molecule has 0 aromatic heterocycles. The van der Waals surface area contributed by atoms with Gasteiger partial charge in [-0.05, 0) is 54.4 Å². The van der Waals surface area contributed by atoms with Gasteiger partial charge in [-0.2, -0.15) is 39.5 Å². The van der Waals surface area contributed by atoms with Crippen LogP contribution in [0.15, 0.2) is 36.4 Å². The molecule has 12 heteroatoms. The van der Waals surface area contributed by atoms with Crippen molar-refractivity contribution in [1.29, 1.82) is 0 Å². The number of halogens is 9. The smallest absolute Gasteiger partial charge is 0.375 e. The minimum absolute atomic E-state index is 0.0180. The number of terminal acetylenes is 1. The third kappa shape index (κ3) is 6.69. The number of hydrogen-bond acceptors (Lipinski definition) is 2. The molecular weight excluding hydrogens is 493 g/mol. The molecule has 0 radical (unpaired) electrons. The lowest BCUT2D eigenvalue weighted by Crippen LogP contribution is -2.37. The first-order chi connectivity index (χ1) is 16.0. The number of hydrogen-bond donors (Lipinski definition) is 0. The maximum atomic E-state index is 13.2. The Morgan fingerprint density at radius 3 is 1.83 bits per heavy atom. The monoisotopic (exact) mass is 511 g/mol. The van der Waals surface area contributed by atoms with Gasteiger partial charge in [-0.15, -0.1) is 6.42 Å². The largest absolute Gasteiger partial charge is 0.416 e. The van der Waals surface area contributed by atoms with Crippen molar-refractivity contribution in [2.24, 2.45) is 0 Å². The van der Waals surface area contributed by atoms with E-state index in [4.69, 9.17) is 11.2 Å². The zero-order valence-corrected chi connectivity index (χ0v) is 18.1. The second-order valence-electron chi connectivity index (χ2n) is 7.53. The topological polar surface area (TPSA) is 29.5 Å². The summed E-state index contributed by atoms with van der Waals surface area (Å²) in [6.45, 7) is 0.748. The number of methoxy groups -OCH3 is 1. The van der Waals surface area contributed by atoms with E-state index in [1.54, 1.807) is 0 Å². The average Bonchev–Trinajstić information content (AvgIpc) is 2.75. The van der Waals surface area contributed by atoms with Gasteiger partial charge >= 0.3 is 18.5 Å². The maximum Gasteiger partial charge on any atom is 0.416 e. The van der Waals surface area contributed by atoms with Gasteiger partial charge in [-0.1, -0.05) is 5.92 Å². The molecule has 2 rings (SSSR count). The van der Waals surface area contributed by atoms with E-state index in [1.807, 2.05) is 0 Å². The molecule has 1 amide bonds. The number of benzene rings is 2. The normalized spacial score (nSPS) is 14.2. The molecule has 0 spiro atoms. The molecule has 2 unspecified atom stereocenters. The maximum absolute atomic E-state index is 13.2. The van der Waals surface area contributed by atoms with Gasteiger partial charge < -0.3 is 9.64 Å². The number of rotatable bonds is 7. The predicted octanol–water partition coefficient (Wildman–Crippen LogP) is 6.46. The fraction of sp³-hybridized carbons (Fsp3) is 0.348. The molecule has 0 aliphatic carbocycles. The molecule has 2 aromatic rings. The van der Waals surface area contributed by atoms with Gasteiger partial charge in [0.15, 0.2) is 0 Å². The van der Waals surface area contributed by atoms with E-state index in [1.165, 1.54) is 6.92 Å². The fourth-order valence-electron chi connectivity index (χ4n) is 3.44. The Morgan fingerprint density at radius 2 is 1.43 bits per heavy atom. The van der Waals surface area contributed by atoms with E-state index in [0.29, 0.717) is 18.2 Å². The van der Waals surface area contributed by atoms with E-state index in [9.17, 15) is 44.3 Å². The van der Waals surface area contributed by atoms with Crippen LogP contribution in [0.3, 0.4) is 0 Å². The van der Waals surface area contributed by atoms with Gasteiger partial charge in [-0.3, -0.25) is 4.79 Å². The molecule has 0 bridgehead atoms. The molecule has 0 aliphatic heterocycles. The molecule has 0 aliphatic rings. The molecule has 0 N–H and O–H groups in total. The summed E-state index contributed by atoms with van der Waals surface area (Å²) >= 11 is 0. The number of carbonyl (C=O) groups excluding carboxylic acids is 1. The molecule has 0 saturated heterocycles. The zero-order chi connectivity index (χ0) is 26.8. The number of carbonyl (C=O) groups is 1. The van der Waals surface area contributed by atoms with Crippen LogP contribution in [-0.4, -0.2) is 24.5 Å². The summed E-state index contributed by atoms with van der Waals surface area (Å²) in [5, 5.41) is 0. The number of amides is 1. The van der Waals surface area contributed by atoms with Crippen molar-refractivity contribution >= 4 is 6.41 Å². The molecule has 3 nitrogen and oxygen atoms in total. The Balaban J connectivity index is 2.52. The molecule has 0 saturated carbocycles. The van der Waals surface area contributed by atoms with E-state index < -0.39 is 59.5 Å². The summed E-state index contributed by atoms with van der Waals surface area (Å²) in [6, 6.07) is 2.13. The Bertz CT molecular complexity index is 1070. The van der Waals surface area contributed by atoms with Gasteiger partial charge in [0.05, 0.1) is 22.7 Å². The third-order valence-corrected chi connectivity index (χ3v) is 5.23. The molecular formula is C23H18F9NO2. The summed E-state index contributed by atoms with van der Waals surface area (Å²) < 4.78 is 124. The van der Waals surface area contributed by atoms with Crippen molar-refractivity contribution in [2.45, 2.75) is 44.1 Å². The van der Waals surface area contributed by atoms with Crippen LogP contribution in [0.5, 0.6) is 0 Å². The number of ether oxygens (including phenoxy) is 1. The summed E-state index contributed by atoms with van der Waals surface area (Å²) in [6.07, 6.45) is -10.9. The lowest BCUT2D eigenvalue weighted by Gasteiger charge is -2.32. The first kappa shape index (κ1) is 28.0. The number of nitrogens with zero attached hydrogens (tertiary/aromatic N) is 1. The third-order valence-electron chi connectivity index (χ3n) is 5.23. The first-order valence-electron chi connectivity index (χ1n) is 9.72. The fourth-order valence-corrected chi connectivity index (χ4v) is 3.44. The first-order valence-corrected chi connectivity index (χ1v) is 9.72. The van der Waals surface area contributed by atoms with Gasteiger partial charge in [0.1, 0.15) is 6.10 Å². The highest BCUT2D eigenvalue weighted by molar-refractivity contribution is 5.51. The Kier molecular flexibility index (Phi) is 8.17. The van der Waals surface area contributed by atoms with E-state index in [-0.39, 0.29) is 23.6 Å². The van der Waals surface area contributed by atoms with Gasteiger partial charge in [0.2, 0.25) is 6.41 Å². The standard InChI is InChI=1S/C23H18F9NO2/c1-4-14-5-6-17(21(24,25)26)9-16(14)11-33(12-34)13(2)20(35-3)15-7-18(22(27,28)29)10-19(8-15)23(30,31)32/h1,5-10,12-13,20H,11H2,2-3H3. The highest BCUT2D eigenvalue weighted by Gasteiger charge is 2.38. The molecule has 2 aromatic carbocycles. The van der Waals surface area contributed by atoms with Crippen molar-refractivity contribution in [3.8, 4) is 12.3 Å². The summed E-state index contributed by atoms with van der Waals surface area (Å²) in [4.78, 5) is 12.6. The highest BCUT2D eigenvalue weighted by atomic mass is 19.4. The number of alkyl halides is 9. The molecule has 35 heavy (non-hydrogen) atoms. The highest BCUT2D eigenvalue weighted by Crippen LogP contribution is 2.39. The average molecular weight is 511 g/mol. The van der Waals surface area contributed by atoms with Crippen molar-refractivity contribution < 1.29 is 49.0 Å². The van der Waals surface area contributed by atoms with Crippen LogP contribution < -0.4 is 0 Å². The van der Waals surface area contributed by atoms with Crippen LogP contribution in [0.2, 0.25) is 0 Å². The molecule has 190 valence electrons. The van der Waals surface area contributed by atoms with Crippen molar-refractivity contribution in [2.75, 3.05) is 7.11 Å². The van der Waals surface area contributed by atoms with Crippen LogP contribution in [0.4, 0.5) is 39.5 Å². The lowest BCUT2D eigenvalue weighted by atomic mass is 9.96. The van der Waals surface area contributed by atoms with Gasteiger partial charge in [-0.25, -0.2) is 0 Å². The second-order valence-corrected chi connectivity index (χ2v) is 7.53. The molecule has 0 heterocycles. The quantitative estimate of drug-likeness (QED) is 0.243. The SMILES string of the molecule is C#Cc1ccc(C(F)(F)F)cc1CN(C=O)C(C)C(OC)c1cc(C(F)(F)F)cc(C(F)(F)F)c1. The van der Waals surface area contributed by atoms with E-state index >= 15 is 0 Å². The molecule has 0 fully saturated rings. The van der Waals surface area contributed by atoms with E-state index in [0.717, 1.165) is 24.1 Å². The Labute approximate surface area is 194 Å². The van der Waals surface area contributed by atoms with Crippen LogP contribution in [-0.2, 0) is 34.6 Å². The van der Waals surface area contributed by atoms with Crippen molar-refractivity contribution in [3.63, 3.8) is 0 Å². The van der Waals surface area contributed by atoms with E-state index in [2.05, 4.69) is 5.92 Å². The lowest BCUT2D eigenvalue weighted by molar-refractivity contribution is -0.143. The Morgan fingerprint density at radius 1 is 0.914 bits per heavy atom. The second kappa shape index (κ2) is 10.2. The molecule has 2 atom stereocenters. The van der Waals surface area contributed by atoms with Crippen LogP contribution in [0.25, 0.3) is 0 Å². The summed E-state index contributed by atoms with van der Waals surface area (Å²) in [7, 11) is 1.01. The summed E-state index contributed by atoms with van der Waals surface area (Å²) in [5.74, 6) is 2.17. The summed E-state index contributed by atoms with van der Waals surface area (Å²) in [5.41, 5.74) is -4.83. The van der Waals surface area contributed by atoms with Crippen molar-refractivity contribution in [3.05, 3.63) is 69.8 Å². The van der Waals surface area contributed by atoms with Crippen LogP contribution in [0.1, 0.15) is 46.4 Å². The minimum Gasteiger partial charge on any atom is -0.375 e. The Hall–Kier alpha value is -3.20. The minimum atomic E-state index is -5.11. The van der Waals surface area contributed by atoms with Gasteiger partial charge in [0.25, 0.3) is 0 Å².